The van der Waals surface area contributed by atoms with Crippen LogP contribution >= 0.6 is 11.3 Å². The number of aldehydes is 1. The lowest BCUT2D eigenvalue weighted by Gasteiger charge is -2.20. The SMILES string of the molecule is COc1ccc(-c2ccc(C=O)s2)c(C(=O)OC(C)(C)C)c1. The van der Waals surface area contributed by atoms with Crippen molar-refractivity contribution in [3.8, 4) is 16.2 Å². The summed E-state index contributed by atoms with van der Waals surface area (Å²) in [6.45, 7) is 5.46. The number of thiophene rings is 1. The van der Waals surface area contributed by atoms with E-state index in [0.29, 0.717) is 16.2 Å². The lowest BCUT2D eigenvalue weighted by molar-refractivity contribution is 0.00701. The maximum Gasteiger partial charge on any atom is 0.339 e. The summed E-state index contributed by atoms with van der Waals surface area (Å²) < 4.78 is 10.7. The van der Waals surface area contributed by atoms with Gasteiger partial charge in [0, 0.05) is 10.4 Å². The molecule has 0 atom stereocenters. The van der Waals surface area contributed by atoms with Crippen LogP contribution in [0, 0.1) is 0 Å². The van der Waals surface area contributed by atoms with Gasteiger partial charge in [0.05, 0.1) is 17.6 Å². The minimum Gasteiger partial charge on any atom is -0.497 e. The van der Waals surface area contributed by atoms with E-state index in [0.717, 1.165) is 16.7 Å². The number of rotatable bonds is 4. The second-order valence-corrected chi connectivity index (χ2v) is 6.85. The predicted molar refractivity (Wildman–Crippen MR) is 86.9 cm³/mol. The highest BCUT2D eigenvalue weighted by molar-refractivity contribution is 7.17. The molecule has 0 saturated carbocycles. The molecule has 0 amide bonds. The van der Waals surface area contributed by atoms with Gasteiger partial charge in [0.15, 0.2) is 6.29 Å². The third-order valence-electron chi connectivity index (χ3n) is 2.85. The summed E-state index contributed by atoms with van der Waals surface area (Å²) in [7, 11) is 1.55. The molecule has 0 aliphatic heterocycles. The van der Waals surface area contributed by atoms with Crippen LogP contribution in [0.1, 0.15) is 40.8 Å². The molecule has 2 rings (SSSR count). The number of benzene rings is 1. The summed E-state index contributed by atoms with van der Waals surface area (Å²) in [5.74, 6) is 0.166. The van der Waals surface area contributed by atoms with Gasteiger partial charge in [-0.2, -0.15) is 0 Å². The molecule has 0 spiro atoms. The highest BCUT2D eigenvalue weighted by atomic mass is 32.1. The van der Waals surface area contributed by atoms with Gasteiger partial charge in [-0.05, 0) is 51.1 Å². The molecule has 0 fully saturated rings. The smallest absolute Gasteiger partial charge is 0.339 e. The van der Waals surface area contributed by atoms with Crippen LogP contribution in [0.25, 0.3) is 10.4 Å². The summed E-state index contributed by atoms with van der Waals surface area (Å²) >= 11 is 1.33. The Morgan fingerprint density at radius 2 is 1.91 bits per heavy atom. The Labute approximate surface area is 133 Å². The first-order valence-electron chi connectivity index (χ1n) is 6.81. The van der Waals surface area contributed by atoms with Crippen molar-refractivity contribution in [3.63, 3.8) is 0 Å². The van der Waals surface area contributed by atoms with E-state index in [4.69, 9.17) is 9.47 Å². The van der Waals surface area contributed by atoms with Gasteiger partial charge in [-0.25, -0.2) is 4.79 Å². The normalized spacial score (nSPS) is 11.1. The maximum absolute atomic E-state index is 12.5. The molecule has 0 N–H and O–H groups in total. The van der Waals surface area contributed by atoms with Crippen LogP contribution in [-0.2, 0) is 4.74 Å². The molecular weight excluding hydrogens is 300 g/mol. The highest BCUT2D eigenvalue weighted by Crippen LogP contribution is 2.33. The van der Waals surface area contributed by atoms with Crippen molar-refractivity contribution in [3.05, 3.63) is 40.8 Å². The minimum absolute atomic E-state index is 0.414. The lowest BCUT2D eigenvalue weighted by Crippen LogP contribution is -2.24. The van der Waals surface area contributed by atoms with Gasteiger partial charge in [0.25, 0.3) is 0 Å². The summed E-state index contributed by atoms with van der Waals surface area (Å²) in [5.41, 5.74) is 0.572. The van der Waals surface area contributed by atoms with Gasteiger partial charge < -0.3 is 9.47 Å². The van der Waals surface area contributed by atoms with E-state index in [2.05, 4.69) is 0 Å². The number of carbonyl (C=O) groups is 2. The minimum atomic E-state index is -0.583. The fourth-order valence-corrected chi connectivity index (χ4v) is 2.79. The molecule has 0 aliphatic rings. The summed E-state index contributed by atoms with van der Waals surface area (Å²) in [5, 5.41) is 0. The van der Waals surface area contributed by atoms with Gasteiger partial charge >= 0.3 is 5.97 Å². The largest absolute Gasteiger partial charge is 0.497 e. The molecule has 5 heteroatoms. The van der Waals surface area contributed by atoms with Crippen molar-refractivity contribution in [1.82, 2.24) is 0 Å². The average Bonchev–Trinajstić information content (AvgIpc) is 2.93. The Morgan fingerprint density at radius 1 is 1.18 bits per heavy atom. The number of ether oxygens (including phenoxy) is 2. The molecule has 0 radical (unpaired) electrons. The average molecular weight is 318 g/mol. The molecule has 116 valence electrons. The zero-order chi connectivity index (χ0) is 16.3. The molecular formula is C17H18O4S. The van der Waals surface area contributed by atoms with Crippen LogP contribution < -0.4 is 4.74 Å². The zero-order valence-corrected chi connectivity index (χ0v) is 13.8. The van der Waals surface area contributed by atoms with Crippen molar-refractivity contribution < 1.29 is 19.1 Å². The van der Waals surface area contributed by atoms with E-state index >= 15 is 0 Å². The first-order valence-corrected chi connectivity index (χ1v) is 7.62. The van der Waals surface area contributed by atoms with E-state index in [1.807, 2.05) is 26.8 Å². The van der Waals surface area contributed by atoms with Gasteiger partial charge in [0.2, 0.25) is 0 Å². The number of carbonyl (C=O) groups excluding carboxylic acids is 2. The lowest BCUT2D eigenvalue weighted by atomic mass is 10.0. The summed E-state index contributed by atoms with van der Waals surface area (Å²) in [6.07, 6.45) is 0.796. The van der Waals surface area contributed by atoms with E-state index in [-0.39, 0.29) is 0 Å². The van der Waals surface area contributed by atoms with Crippen molar-refractivity contribution >= 4 is 23.6 Å². The first kappa shape index (κ1) is 16.2. The third-order valence-corrected chi connectivity index (χ3v) is 3.90. The molecule has 0 aliphatic carbocycles. The van der Waals surface area contributed by atoms with Crippen molar-refractivity contribution in [1.29, 1.82) is 0 Å². The van der Waals surface area contributed by atoms with Gasteiger partial charge in [-0.3, -0.25) is 4.79 Å². The molecule has 0 saturated heterocycles. The molecule has 22 heavy (non-hydrogen) atoms. The van der Waals surface area contributed by atoms with Gasteiger partial charge in [-0.1, -0.05) is 0 Å². The zero-order valence-electron chi connectivity index (χ0n) is 13.0. The van der Waals surface area contributed by atoms with Crippen LogP contribution in [0.4, 0.5) is 0 Å². The third kappa shape index (κ3) is 3.74. The van der Waals surface area contributed by atoms with Crippen LogP contribution in [0.15, 0.2) is 30.3 Å². The molecule has 1 aromatic carbocycles. The van der Waals surface area contributed by atoms with Gasteiger partial charge in [-0.15, -0.1) is 11.3 Å². The first-order chi connectivity index (χ1) is 10.3. The fourth-order valence-electron chi connectivity index (χ4n) is 1.93. The second kappa shape index (κ2) is 6.32. The molecule has 0 bridgehead atoms. The van der Waals surface area contributed by atoms with Crippen molar-refractivity contribution in [2.45, 2.75) is 26.4 Å². The van der Waals surface area contributed by atoms with E-state index in [1.165, 1.54) is 11.3 Å². The molecule has 1 heterocycles. The monoisotopic (exact) mass is 318 g/mol. The number of hydrogen-bond acceptors (Lipinski definition) is 5. The number of hydrogen-bond donors (Lipinski definition) is 0. The molecule has 1 aromatic heterocycles. The number of methoxy groups -OCH3 is 1. The van der Waals surface area contributed by atoms with Crippen LogP contribution in [-0.4, -0.2) is 25.0 Å². The molecule has 2 aromatic rings. The standard InChI is InChI=1S/C17H18O4S/c1-17(2,3)21-16(19)14-9-11(20-4)5-7-13(14)15-8-6-12(10-18)22-15/h5-10H,1-4H3. The summed E-state index contributed by atoms with van der Waals surface area (Å²) in [4.78, 5) is 24.8. The second-order valence-electron chi connectivity index (χ2n) is 5.73. The van der Waals surface area contributed by atoms with Crippen molar-refractivity contribution in [2.75, 3.05) is 7.11 Å². The Kier molecular flexibility index (Phi) is 4.66. The Morgan fingerprint density at radius 3 is 2.45 bits per heavy atom. The predicted octanol–water partition coefficient (Wildman–Crippen LogP) is 4.19. The Hall–Kier alpha value is -2.14. The quantitative estimate of drug-likeness (QED) is 0.626. The highest BCUT2D eigenvalue weighted by Gasteiger charge is 2.22. The van der Waals surface area contributed by atoms with Crippen LogP contribution in [0.5, 0.6) is 5.75 Å². The van der Waals surface area contributed by atoms with E-state index < -0.39 is 11.6 Å². The molecule has 4 nitrogen and oxygen atoms in total. The topological polar surface area (TPSA) is 52.6 Å². The Bertz CT molecular complexity index is 695. The van der Waals surface area contributed by atoms with E-state index in [1.54, 1.807) is 31.4 Å². The van der Waals surface area contributed by atoms with Crippen LogP contribution in [0.3, 0.4) is 0 Å². The molecule has 0 unspecified atom stereocenters. The van der Waals surface area contributed by atoms with Gasteiger partial charge in [0.1, 0.15) is 11.4 Å². The number of esters is 1. The van der Waals surface area contributed by atoms with Crippen LogP contribution in [0.2, 0.25) is 0 Å². The fraction of sp³-hybridized carbons (Fsp3) is 0.294. The van der Waals surface area contributed by atoms with E-state index in [9.17, 15) is 9.59 Å². The van der Waals surface area contributed by atoms with Crippen molar-refractivity contribution in [2.24, 2.45) is 0 Å². The summed E-state index contributed by atoms with van der Waals surface area (Å²) in [6, 6.07) is 8.80. The Balaban J connectivity index is 2.49. The maximum atomic E-state index is 12.5.